The first-order chi connectivity index (χ1) is 12.2. The van der Waals surface area contributed by atoms with Crippen LogP contribution in [-0.2, 0) is 24.2 Å². The zero-order valence-corrected chi connectivity index (χ0v) is 13.5. The van der Waals surface area contributed by atoms with Crippen molar-refractivity contribution in [1.29, 1.82) is 0 Å². The maximum absolute atomic E-state index is 13.3. The lowest BCUT2D eigenvalue weighted by molar-refractivity contribution is -0.105. The van der Waals surface area contributed by atoms with E-state index in [9.17, 15) is 9.18 Å². The lowest BCUT2D eigenvalue weighted by Crippen LogP contribution is -2.09. The van der Waals surface area contributed by atoms with Gasteiger partial charge < -0.3 is 11.1 Å². The third-order valence-electron chi connectivity index (χ3n) is 4.57. The van der Waals surface area contributed by atoms with E-state index in [1.807, 2.05) is 22.9 Å². The highest BCUT2D eigenvalue weighted by Crippen LogP contribution is 2.38. The number of carbonyl (C=O) groups excluding carboxylic acids is 1. The van der Waals surface area contributed by atoms with Crippen molar-refractivity contribution in [2.75, 3.05) is 5.32 Å². The molecule has 4 rings (SSSR count). The summed E-state index contributed by atoms with van der Waals surface area (Å²) >= 11 is 0. The summed E-state index contributed by atoms with van der Waals surface area (Å²) in [7, 11) is 0. The second-order valence-electron chi connectivity index (χ2n) is 6.00. The highest BCUT2D eigenvalue weighted by molar-refractivity contribution is 5.79. The fraction of sp³-hybridized carbons (Fsp3) is 0.158. The molecular weight excluding hydrogens is 319 g/mol. The van der Waals surface area contributed by atoms with Crippen LogP contribution in [0.5, 0.6) is 0 Å². The maximum atomic E-state index is 13.3. The largest absolute Gasteiger partial charge is 0.329 e. The van der Waals surface area contributed by atoms with Crippen LogP contribution < -0.4 is 11.1 Å². The van der Waals surface area contributed by atoms with Crippen molar-refractivity contribution >= 4 is 12.1 Å². The first-order valence-electron chi connectivity index (χ1n) is 8.11. The number of anilines is 1. The normalized spacial score (nSPS) is 12.4. The van der Waals surface area contributed by atoms with Crippen LogP contribution in [0.25, 0.3) is 16.9 Å². The molecule has 0 aliphatic heterocycles. The van der Waals surface area contributed by atoms with Gasteiger partial charge in [0.2, 0.25) is 6.41 Å². The lowest BCUT2D eigenvalue weighted by Gasteiger charge is -2.20. The van der Waals surface area contributed by atoms with Crippen LogP contribution in [0.2, 0.25) is 0 Å². The molecule has 1 heterocycles. The molecule has 1 aliphatic rings. The maximum Gasteiger partial charge on any atom is 0.211 e. The van der Waals surface area contributed by atoms with Gasteiger partial charge in [-0.1, -0.05) is 6.07 Å². The van der Waals surface area contributed by atoms with Crippen molar-refractivity contribution in [3.05, 3.63) is 65.1 Å². The summed E-state index contributed by atoms with van der Waals surface area (Å²) < 4.78 is 15.1. The van der Waals surface area contributed by atoms with Crippen molar-refractivity contribution in [3.63, 3.8) is 0 Å². The molecule has 0 saturated heterocycles. The fourth-order valence-corrected chi connectivity index (χ4v) is 3.40. The molecule has 0 fully saturated rings. The smallest absolute Gasteiger partial charge is 0.211 e. The third-order valence-corrected chi connectivity index (χ3v) is 4.57. The fourth-order valence-electron chi connectivity index (χ4n) is 3.40. The van der Waals surface area contributed by atoms with E-state index in [4.69, 9.17) is 5.73 Å². The molecule has 5 nitrogen and oxygen atoms in total. The molecule has 6 heteroatoms. The van der Waals surface area contributed by atoms with Crippen LogP contribution in [0.15, 0.2) is 42.5 Å². The Balaban J connectivity index is 1.95. The Morgan fingerprint density at radius 2 is 2.00 bits per heavy atom. The highest BCUT2D eigenvalue weighted by Gasteiger charge is 2.25. The van der Waals surface area contributed by atoms with Gasteiger partial charge in [0.05, 0.1) is 17.1 Å². The Labute approximate surface area is 144 Å². The Morgan fingerprint density at radius 3 is 2.72 bits per heavy atom. The topological polar surface area (TPSA) is 72.9 Å². The summed E-state index contributed by atoms with van der Waals surface area (Å²) in [6, 6.07) is 12.1. The van der Waals surface area contributed by atoms with Crippen LogP contribution in [0, 0.1) is 5.82 Å². The Hall–Kier alpha value is -2.99. The first-order valence-corrected chi connectivity index (χ1v) is 8.11. The number of aromatic nitrogens is 2. The molecule has 0 radical (unpaired) electrons. The van der Waals surface area contributed by atoms with Gasteiger partial charge in [0.1, 0.15) is 5.82 Å². The number of hydrogen-bond acceptors (Lipinski definition) is 3. The van der Waals surface area contributed by atoms with E-state index in [0.717, 1.165) is 46.7 Å². The number of halogens is 1. The summed E-state index contributed by atoms with van der Waals surface area (Å²) in [4.78, 5) is 10.8. The van der Waals surface area contributed by atoms with Gasteiger partial charge in [-0.25, -0.2) is 9.07 Å². The Bertz CT molecular complexity index is 947. The van der Waals surface area contributed by atoms with Crippen molar-refractivity contribution in [1.82, 2.24) is 9.78 Å². The molecule has 0 unspecified atom stereocenters. The second kappa shape index (κ2) is 6.14. The van der Waals surface area contributed by atoms with Gasteiger partial charge in [0.15, 0.2) is 0 Å². The molecule has 25 heavy (non-hydrogen) atoms. The van der Waals surface area contributed by atoms with Gasteiger partial charge in [-0.15, -0.1) is 0 Å². The summed E-state index contributed by atoms with van der Waals surface area (Å²) in [5.74, 6) is -0.290. The quantitative estimate of drug-likeness (QED) is 0.720. The number of benzene rings is 2. The Kier molecular flexibility index (Phi) is 3.82. The van der Waals surface area contributed by atoms with Crippen LogP contribution in [-0.4, -0.2) is 16.2 Å². The predicted octanol–water partition coefficient (Wildman–Crippen LogP) is 2.80. The predicted molar refractivity (Wildman–Crippen MR) is 93.9 cm³/mol. The average molecular weight is 336 g/mol. The van der Waals surface area contributed by atoms with Crippen LogP contribution >= 0.6 is 0 Å². The molecule has 3 N–H and O–H groups in total. The van der Waals surface area contributed by atoms with Crippen molar-refractivity contribution < 1.29 is 9.18 Å². The van der Waals surface area contributed by atoms with Crippen LogP contribution in [0.1, 0.15) is 16.8 Å². The first kappa shape index (κ1) is 15.5. The number of nitrogens with zero attached hydrogens (tertiary/aromatic N) is 2. The standard InChI is InChI=1S/C19H17FN4O/c20-13-3-6-15(7-4-13)24-19-16(18(10-21)23-24)8-2-12-1-5-14(22-11-25)9-17(12)19/h1,3-7,9,11H,2,8,10,21H2,(H,22,25). The lowest BCUT2D eigenvalue weighted by atomic mass is 9.88. The molecule has 3 aromatic rings. The number of amides is 1. The molecule has 1 aromatic heterocycles. The van der Waals surface area contributed by atoms with Gasteiger partial charge in [0.25, 0.3) is 0 Å². The van der Waals surface area contributed by atoms with Crippen LogP contribution in [0.3, 0.4) is 0 Å². The van der Waals surface area contributed by atoms with E-state index in [1.54, 1.807) is 12.1 Å². The minimum absolute atomic E-state index is 0.290. The minimum Gasteiger partial charge on any atom is -0.329 e. The SMILES string of the molecule is NCc1nn(-c2ccc(F)cc2)c2c1CCc1ccc(NC=O)cc1-2. The number of aryl methyl sites for hydroxylation is 1. The molecule has 0 atom stereocenters. The van der Waals surface area contributed by atoms with E-state index >= 15 is 0 Å². The van der Waals surface area contributed by atoms with E-state index < -0.39 is 0 Å². The third kappa shape index (κ3) is 2.60. The molecule has 2 aromatic carbocycles. The average Bonchev–Trinajstić information content (AvgIpc) is 3.02. The molecule has 0 spiro atoms. The molecule has 1 aliphatic carbocycles. The summed E-state index contributed by atoms with van der Waals surface area (Å²) in [5, 5.41) is 7.36. The number of fused-ring (bicyclic) bond motifs is 3. The van der Waals surface area contributed by atoms with E-state index in [0.29, 0.717) is 13.0 Å². The number of nitrogens with two attached hydrogens (primary N) is 1. The van der Waals surface area contributed by atoms with Gasteiger partial charge in [-0.2, -0.15) is 5.10 Å². The van der Waals surface area contributed by atoms with E-state index in [1.165, 1.54) is 17.7 Å². The molecule has 126 valence electrons. The van der Waals surface area contributed by atoms with Gasteiger partial charge in [-0.3, -0.25) is 4.79 Å². The molecule has 1 amide bonds. The number of rotatable bonds is 4. The van der Waals surface area contributed by atoms with Crippen molar-refractivity contribution in [2.45, 2.75) is 19.4 Å². The second-order valence-corrected chi connectivity index (χ2v) is 6.00. The summed E-state index contributed by atoms with van der Waals surface area (Å²) in [5.41, 5.74) is 12.5. The zero-order chi connectivity index (χ0) is 17.4. The Morgan fingerprint density at radius 1 is 1.20 bits per heavy atom. The number of hydrogen-bond donors (Lipinski definition) is 2. The number of carbonyl (C=O) groups is 1. The van der Waals surface area contributed by atoms with Gasteiger partial charge in [0, 0.05) is 23.4 Å². The van der Waals surface area contributed by atoms with Crippen LogP contribution in [0.4, 0.5) is 10.1 Å². The van der Waals surface area contributed by atoms with Crippen molar-refractivity contribution in [3.8, 4) is 16.9 Å². The van der Waals surface area contributed by atoms with E-state index in [-0.39, 0.29) is 5.82 Å². The zero-order valence-electron chi connectivity index (χ0n) is 13.5. The minimum atomic E-state index is -0.290. The summed E-state index contributed by atoms with van der Waals surface area (Å²) in [6.07, 6.45) is 2.41. The summed E-state index contributed by atoms with van der Waals surface area (Å²) in [6.45, 7) is 0.345. The highest BCUT2D eigenvalue weighted by atomic mass is 19.1. The molecular formula is C19H17FN4O. The van der Waals surface area contributed by atoms with Crippen molar-refractivity contribution in [2.24, 2.45) is 5.73 Å². The van der Waals surface area contributed by atoms with E-state index in [2.05, 4.69) is 10.4 Å². The van der Waals surface area contributed by atoms with Gasteiger partial charge in [-0.05, 0) is 54.8 Å². The molecule has 0 saturated carbocycles. The molecule has 0 bridgehead atoms. The monoisotopic (exact) mass is 336 g/mol. The van der Waals surface area contributed by atoms with Gasteiger partial charge >= 0.3 is 0 Å². The number of nitrogens with one attached hydrogen (secondary N) is 1.